The number of aromatic hydroxyl groups is 1. The molecule has 3 aliphatic carbocycles. The lowest BCUT2D eigenvalue weighted by molar-refractivity contribution is -0.253. The highest BCUT2D eigenvalue weighted by molar-refractivity contribution is 6.21. The maximum Gasteiger partial charge on any atom is 0.343 e. The topological polar surface area (TPSA) is 180 Å². The number of Topliss-reactive ketones (excluding diaryl/α,β-unsaturated/α-hetero) is 2. The van der Waals surface area contributed by atoms with Crippen molar-refractivity contribution in [1.29, 1.82) is 0 Å². The Labute approximate surface area is 248 Å². The second kappa shape index (κ2) is 9.25. The standard InChI is InChI=1S/C32H36O11/c1-7-8-9-10-15(34)17-20-26-21(30(5,27(17)36)29(39)31(20,6)40)22-25-18-16(12(2)14(4)41-25)13(3)23(35)19(28(37)38)24(18)42-32(22,11-33)43-26/h7-10,12,14,20-22,25-26,33-35,40H,11H2,1-6H3,(H,37,38). The molecule has 5 N–H and O–H groups in total. The highest BCUT2D eigenvalue weighted by Crippen LogP contribution is 2.70. The number of carbonyl (C=O) groups is 3. The van der Waals surface area contributed by atoms with Crippen LogP contribution in [0.5, 0.6) is 11.5 Å². The molecule has 1 aromatic carbocycles. The fraction of sp³-hybridized carbons (Fsp3) is 0.531. The summed E-state index contributed by atoms with van der Waals surface area (Å²) >= 11 is 0. The number of ether oxygens (including phenoxy) is 3. The number of hydrogen-bond acceptors (Lipinski definition) is 10. The number of aromatic carboxylic acids is 1. The number of rotatable bonds is 4. The van der Waals surface area contributed by atoms with Crippen LogP contribution in [0.1, 0.15) is 73.7 Å². The van der Waals surface area contributed by atoms with Crippen molar-refractivity contribution in [3.05, 3.63) is 57.9 Å². The van der Waals surface area contributed by atoms with Crippen LogP contribution in [0.3, 0.4) is 0 Å². The summed E-state index contributed by atoms with van der Waals surface area (Å²) in [5.41, 5.74) is -3.43. The van der Waals surface area contributed by atoms with Crippen molar-refractivity contribution in [1.82, 2.24) is 0 Å². The molecule has 11 nitrogen and oxygen atoms in total. The lowest BCUT2D eigenvalue weighted by atomic mass is 9.44. The molecule has 0 radical (unpaired) electrons. The van der Waals surface area contributed by atoms with Gasteiger partial charge in [-0.05, 0) is 51.8 Å². The van der Waals surface area contributed by atoms with Gasteiger partial charge in [-0.25, -0.2) is 4.79 Å². The molecule has 2 bridgehead atoms. The first-order valence-corrected chi connectivity index (χ1v) is 14.4. The smallest absolute Gasteiger partial charge is 0.343 e. The van der Waals surface area contributed by atoms with E-state index in [0.29, 0.717) is 16.7 Å². The lowest BCUT2D eigenvalue weighted by Crippen LogP contribution is -2.72. The maximum absolute atomic E-state index is 14.3. The second-order valence-electron chi connectivity index (χ2n) is 12.7. The third-order valence-corrected chi connectivity index (χ3v) is 10.6. The van der Waals surface area contributed by atoms with E-state index in [9.17, 15) is 39.9 Å². The molecule has 3 aliphatic heterocycles. The molecule has 1 saturated heterocycles. The van der Waals surface area contributed by atoms with E-state index in [2.05, 4.69) is 0 Å². The van der Waals surface area contributed by atoms with E-state index in [4.69, 9.17) is 14.2 Å². The van der Waals surface area contributed by atoms with Crippen LogP contribution in [0, 0.1) is 30.1 Å². The van der Waals surface area contributed by atoms with Crippen molar-refractivity contribution in [3.63, 3.8) is 0 Å². The predicted octanol–water partition coefficient (Wildman–Crippen LogP) is 3.16. The molecule has 43 heavy (non-hydrogen) atoms. The van der Waals surface area contributed by atoms with Crippen LogP contribution in [0.25, 0.3) is 0 Å². The molecule has 6 aliphatic rings. The number of benzene rings is 1. The molecule has 3 saturated carbocycles. The largest absolute Gasteiger partial charge is 0.508 e. The highest BCUT2D eigenvalue weighted by Gasteiger charge is 2.80. The summed E-state index contributed by atoms with van der Waals surface area (Å²) in [6.07, 6.45) is 3.59. The number of allylic oxidation sites excluding steroid dienone is 4. The number of carboxylic acid groups (broad SMARTS) is 1. The Balaban J connectivity index is 1.64. The van der Waals surface area contributed by atoms with E-state index in [1.165, 1.54) is 26.0 Å². The normalized spacial score (nSPS) is 42.2. The van der Waals surface area contributed by atoms with Gasteiger partial charge < -0.3 is 39.7 Å². The minimum Gasteiger partial charge on any atom is -0.508 e. The third kappa shape index (κ3) is 3.42. The lowest BCUT2D eigenvalue weighted by Gasteiger charge is -2.58. The Kier molecular flexibility index (Phi) is 6.36. The van der Waals surface area contributed by atoms with Gasteiger partial charge in [-0.15, -0.1) is 0 Å². The predicted molar refractivity (Wildman–Crippen MR) is 150 cm³/mol. The SMILES string of the molecule is CC=CC=CC(O)=C1C(=O)C2(C)C(=O)C(C)(O)C1C1OC3(CO)Oc4c(C(=O)O)c(O)c(C)c5c4C(OC(C)C5C)C3C12. The van der Waals surface area contributed by atoms with Gasteiger partial charge in [0.1, 0.15) is 35.0 Å². The quantitative estimate of drug-likeness (QED) is 0.149. The van der Waals surface area contributed by atoms with Gasteiger partial charge >= 0.3 is 5.97 Å². The fourth-order valence-electron chi connectivity index (χ4n) is 8.54. The monoisotopic (exact) mass is 596 g/mol. The molecule has 11 heteroatoms. The molecule has 10 atom stereocenters. The number of carbonyl (C=O) groups excluding carboxylic acids is 2. The number of hydrogen-bond donors (Lipinski definition) is 5. The summed E-state index contributed by atoms with van der Waals surface area (Å²) in [6.45, 7) is 8.95. The van der Waals surface area contributed by atoms with Gasteiger partial charge in [0.15, 0.2) is 11.6 Å². The number of aliphatic hydroxyl groups is 3. The zero-order valence-electron chi connectivity index (χ0n) is 24.7. The number of aliphatic hydroxyl groups excluding tert-OH is 2. The van der Waals surface area contributed by atoms with Gasteiger partial charge in [0.05, 0.1) is 35.6 Å². The summed E-state index contributed by atoms with van der Waals surface area (Å²) in [5, 5.41) is 54.9. The first-order valence-electron chi connectivity index (χ1n) is 14.4. The summed E-state index contributed by atoms with van der Waals surface area (Å²) < 4.78 is 19.3. The van der Waals surface area contributed by atoms with Crippen molar-refractivity contribution in [2.45, 2.75) is 77.2 Å². The summed E-state index contributed by atoms with van der Waals surface area (Å²) in [5.74, 6) is -9.66. The average molecular weight is 597 g/mol. The first kappa shape index (κ1) is 29.6. The van der Waals surface area contributed by atoms with Gasteiger partial charge in [-0.3, -0.25) is 9.59 Å². The number of fused-ring (bicyclic) bond motifs is 4. The van der Waals surface area contributed by atoms with Crippen LogP contribution in [0.15, 0.2) is 35.6 Å². The Hall–Kier alpha value is -3.51. The summed E-state index contributed by atoms with van der Waals surface area (Å²) in [7, 11) is 0. The third-order valence-electron chi connectivity index (χ3n) is 10.6. The minimum absolute atomic E-state index is 0.176. The van der Waals surface area contributed by atoms with Gasteiger partial charge in [-0.1, -0.05) is 25.2 Å². The van der Waals surface area contributed by atoms with E-state index in [0.717, 1.165) is 0 Å². The Morgan fingerprint density at radius 2 is 1.74 bits per heavy atom. The molecule has 0 spiro atoms. The summed E-state index contributed by atoms with van der Waals surface area (Å²) in [6, 6.07) is 0. The average Bonchev–Trinajstić information content (AvgIpc) is 3.29. The van der Waals surface area contributed by atoms with Crippen molar-refractivity contribution in [3.8, 4) is 11.5 Å². The molecule has 0 amide bonds. The number of carboxylic acids is 1. The first-order chi connectivity index (χ1) is 20.1. The number of ketones is 2. The molecule has 1 aromatic rings. The van der Waals surface area contributed by atoms with Crippen molar-refractivity contribution < 1.29 is 54.1 Å². The van der Waals surface area contributed by atoms with Crippen molar-refractivity contribution in [2.75, 3.05) is 6.61 Å². The molecular weight excluding hydrogens is 560 g/mol. The van der Waals surface area contributed by atoms with E-state index in [1.807, 2.05) is 13.8 Å². The second-order valence-corrected chi connectivity index (χ2v) is 12.7. The minimum atomic E-state index is -2.14. The molecular formula is C32H36O11. The van der Waals surface area contributed by atoms with Crippen molar-refractivity contribution in [2.24, 2.45) is 23.2 Å². The van der Waals surface area contributed by atoms with E-state index >= 15 is 0 Å². The molecule has 3 heterocycles. The van der Waals surface area contributed by atoms with Gasteiger partial charge in [0.2, 0.25) is 5.79 Å². The van der Waals surface area contributed by atoms with Crippen LogP contribution < -0.4 is 4.74 Å². The van der Waals surface area contributed by atoms with Crippen LogP contribution >= 0.6 is 0 Å². The Morgan fingerprint density at radius 3 is 2.35 bits per heavy atom. The molecule has 7 rings (SSSR count). The van der Waals surface area contributed by atoms with E-state index in [1.54, 1.807) is 26.0 Å². The highest BCUT2D eigenvalue weighted by atomic mass is 16.7. The fourth-order valence-corrected chi connectivity index (χ4v) is 8.54. The molecule has 10 unspecified atom stereocenters. The summed E-state index contributed by atoms with van der Waals surface area (Å²) in [4.78, 5) is 40.8. The Bertz CT molecular complexity index is 1570. The molecule has 0 aromatic heterocycles. The van der Waals surface area contributed by atoms with Crippen LogP contribution in [-0.2, 0) is 19.1 Å². The Morgan fingerprint density at radius 1 is 1.07 bits per heavy atom. The van der Waals surface area contributed by atoms with Gasteiger partial charge in [-0.2, -0.15) is 0 Å². The number of phenols is 1. The van der Waals surface area contributed by atoms with Gasteiger partial charge in [0.25, 0.3) is 0 Å². The van der Waals surface area contributed by atoms with Crippen molar-refractivity contribution >= 4 is 17.5 Å². The van der Waals surface area contributed by atoms with Crippen LogP contribution in [-0.4, -0.2) is 73.3 Å². The van der Waals surface area contributed by atoms with Gasteiger partial charge in [0, 0.05) is 23.0 Å². The zero-order valence-corrected chi connectivity index (χ0v) is 24.7. The molecule has 4 fully saturated rings. The van der Waals surface area contributed by atoms with Crippen LogP contribution in [0.2, 0.25) is 0 Å². The zero-order chi connectivity index (χ0) is 31.5. The van der Waals surface area contributed by atoms with Crippen LogP contribution in [0.4, 0.5) is 0 Å². The van der Waals surface area contributed by atoms with E-state index < -0.39 is 94.1 Å². The molecule has 230 valence electrons. The maximum atomic E-state index is 14.3. The van der Waals surface area contributed by atoms with E-state index in [-0.39, 0.29) is 17.2 Å².